The van der Waals surface area contributed by atoms with Crippen LogP contribution in [0.25, 0.3) is 0 Å². The predicted molar refractivity (Wildman–Crippen MR) is 75.3 cm³/mol. The Morgan fingerprint density at radius 3 is 2.78 bits per heavy atom. The molecule has 0 aliphatic carbocycles. The van der Waals surface area contributed by atoms with E-state index in [2.05, 4.69) is 17.6 Å². The lowest BCUT2D eigenvalue weighted by Gasteiger charge is -2.30. The summed E-state index contributed by atoms with van der Waals surface area (Å²) in [6.45, 7) is 6.12. The highest BCUT2D eigenvalue weighted by atomic mass is 35.5. The topological polar surface area (TPSA) is 46.1 Å². The molecule has 1 saturated heterocycles. The number of hydrogen-bond acceptors (Lipinski definition) is 2. The highest BCUT2D eigenvalue weighted by Gasteiger charge is 2.23. The molecule has 2 rings (SSSR count). The summed E-state index contributed by atoms with van der Waals surface area (Å²) in [5.74, 6) is 0.572. The molecular weight excluding hydrogens is 250 g/mol. The molecule has 102 valence electrons. The Labute approximate surface area is 115 Å². The van der Waals surface area contributed by atoms with Crippen molar-refractivity contribution < 1.29 is 4.79 Å². The standard InChI is InChI=1S/C13H21N3O.ClH/c1-9-6-7-14-8-11(9)15-13(17)12-5-4-10(2)16(12)3;/h4-5,9,11,14H,6-8H2,1-3H3,(H,15,17);1H. The second kappa shape index (κ2) is 6.25. The number of nitrogens with zero attached hydrogens (tertiary/aromatic N) is 1. The Morgan fingerprint density at radius 2 is 2.22 bits per heavy atom. The summed E-state index contributed by atoms with van der Waals surface area (Å²) < 4.78 is 1.93. The van der Waals surface area contributed by atoms with Gasteiger partial charge in [-0.05, 0) is 37.9 Å². The minimum atomic E-state index is 0. The number of carbonyl (C=O) groups excluding carboxylic acids is 1. The van der Waals surface area contributed by atoms with Crippen molar-refractivity contribution >= 4 is 18.3 Å². The highest BCUT2D eigenvalue weighted by Crippen LogP contribution is 2.12. The largest absolute Gasteiger partial charge is 0.346 e. The van der Waals surface area contributed by atoms with Gasteiger partial charge in [0, 0.05) is 25.3 Å². The van der Waals surface area contributed by atoms with Gasteiger partial charge >= 0.3 is 0 Å². The third-order valence-electron chi connectivity index (χ3n) is 3.75. The fourth-order valence-corrected chi connectivity index (χ4v) is 2.27. The van der Waals surface area contributed by atoms with Crippen molar-refractivity contribution in [2.45, 2.75) is 26.3 Å². The van der Waals surface area contributed by atoms with E-state index in [4.69, 9.17) is 0 Å². The molecule has 1 aromatic rings. The minimum absolute atomic E-state index is 0. The van der Waals surface area contributed by atoms with Crippen molar-refractivity contribution in [2.24, 2.45) is 13.0 Å². The van der Waals surface area contributed by atoms with Crippen LogP contribution in [0.1, 0.15) is 29.5 Å². The van der Waals surface area contributed by atoms with E-state index >= 15 is 0 Å². The van der Waals surface area contributed by atoms with E-state index < -0.39 is 0 Å². The monoisotopic (exact) mass is 271 g/mol. The van der Waals surface area contributed by atoms with Crippen molar-refractivity contribution in [1.29, 1.82) is 0 Å². The van der Waals surface area contributed by atoms with E-state index in [-0.39, 0.29) is 24.4 Å². The third-order valence-corrected chi connectivity index (χ3v) is 3.75. The van der Waals surface area contributed by atoms with Crippen molar-refractivity contribution in [2.75, 3.05) is 13.1 Å². The lowest BCUT2D eigenvalue weighted by molar-refractivity contribution is 0.0906. The smallest absolute Gasteiger partial charge is 0.268 e. The molecule has 0 bridgehead atoms. The van der Waals surface area contributed by atoms with Crippen LogP contribution in [0.4, 0.5) is 0 Å². The van der Waals surface area contributed by atoms with Gasteiger partial charge in [-0.25, -0.2) is 0 Å². The summed E-state index contributed by atoms with van der Waals surface area (Å²) in [5, 5.41) is 6.44. The molecule has 1 aromatic heterocycles. The van der Waals surface area contributed by atoms with Gasteiger partial charge in [0.2, 0.25) is 0 Å². The molecule has 1 fully saturated rings. The molecule has 5 heteroatoms. The van der Waals surface area contributed by atoms with Crippen LogP contribution in [-0.4, -0.2) is 29.6 Å². The molecule has 4 nitrogen and oxygen atoms in total. The molecule has 0 radical (unpaired) electrons. The molecule has 18 heavy (non-hydrogen) atoms. The van der Waals surface area contributed by atoms with Gasteiger partial charge in [-0.15, -0.1) is 12.4 Å². The van der Waals surface area contributed by atoms with Crippen LogP contribution in [0.3, 0.4) is 0 Å². The van der Waals surface area contributed by atoms with Gasteiger partial charge in [-0.1, -0.05) is 6.92 Å². The molecule has 2 unspecified atom stereocenters. The maximum absolute atomic E-state index is 12.1. The molecule has 1 aliphatic heterocycles. The maximum Gasteiger partial charge on any atom is 0.268 e. The lowest BCUT2D eigenvalue weighted by Crippen LogP contribution is -2.50. The molecule has 0 saturated carbocycles. The van der Waals surface area contributed by atoms with E-state index in [1.165, 1.54) is 0 Å². The van der Waals surface area contributed by atoms with E-state index in [0.717, 1.165) is 30.9 Å². The van der Waals surface area contributed by atoms with Gasteiger partial charge in [-0.3, -0.25) is 4.79 Å². The predicted octanol–water partition coefficient (Wildman–Crippen LogP) is 1.48. The first-order chi connectivity index (χ1) is 8.09. The van der Waals surface area contributed by atoms with Crippen molar-refractivity contribution in [3.63, 3.8) is 0 Å². The molecular formula is C13H22ClN3O. The van der Waals surface area contributed by atoms with E-state index in [0.29, 0.717) is 5.92 Å². The van der Waals surface area contributed by atoms with Crippen LogP contribution < -0.4 is 10.6 Å². The molecule has 0 spiro atoms. The number of piperidine rings is 1. The van der Waals surface area contributed by atoms with Crippen LogP contribution in [-0.2, 0) is 7.05 Å². The summed E-state index contributed by atoms with van der Waals surface area (Å²) in [6.07, 6.45) is 1.12. The zero-order chi connectivity index (χ0) is 12.4. The second-order valence-electron chi connectivity index (χ2n) is 4.97. The zero-order valence-electron chi connectivity index (χ0n) is 11.2. The number of carbonyl (C=O) groups is 1. The van der Waals surface area contributed by atoms with Crippen molar-refractivity contribution in [1.82, 2.24) is 15.2 Å². The molecule has 2 N–H and O–H groups in total. The quantitative estimate of drug-likeness (QED) is 0.856. The summed E-state index contributed by atoms with van der Waals surface area (Å²) in [7, 11) is 1.92. The normalized spacial score (nSPS) is 23.3. The van der Waals surface area contributed by atoms with Gasteiger partial charge in [0.1, 0.15) is 5.69 Å². The highest BCUT2D eigenvalue weighted by molar-refractivity contribution is 5.93. The Balaban J connectivity index is 0.00000162. The van der Waals surface area contributed by atoms with Gasteiger partial charge < -0.3 is 15.2 Å². The van der Waals surface area contributed by atoms with Crippen LogP contribution in [0.5, 0.6) is 0 Å². The number of nitrogens with one attached hydrogen (secondary N) is 2. The molecule has 0 aromatic carbocycles. The van der Waals surface area contributed by atoms with Gasteiger partial charge in [0.25, 0.3) is 5.91 Å². The number of halogens is 1. The maximum atomic E-state index is 12.1. The molecule has 2 heterocycles. The number of aromatic nitrogens is 1. The fraction of sp³-hybridized carbons (Fsp3) is 0.615. The number of hydrogen-bond donors (Lipinski definition) is 2. The van der Waals surface area contributed by atoms with Crippen LogP contribution >= 0.6 is 12.4 Å². The summed E-state index contributed by atoms with van der Waals surface area (Å²) in [6, 6.07) is 4.09. The fourth-order valence-electron chi connectivity index (χ4n) is 2.27. The molecule has 1 aliphatic rings. The average Bonchev–Trinajstić information content (AvgIpc) is 2.63. The van der Waals surface area contributed by atoms with Crippen LogP contribution in [0, 0.1) is 12.8 Å². The first-order valence-electron chi connectivity index (χ1n) is 6.23. The van der Waals surface area contributed by atoms with E-state index in [1.54, 1.807) is 0 Å². The van der Waals surface area contributed by atoms with E-state index in [1.807, 2.05) is 30.7 Å². The van der Waals surface area contributed by atoms with Crippen LogP contribution in [0.2, 0.25) is 0 Å². The van der Waals surface area contributed by atoms with Gasteiger partial charge in [0.05, 0.1) is 0 Å². The first-order valence-corrected chi connectivity index (χ1v) is 6.23. The summed E-state index contributed by atoms with van der Waals surface area (Å²) in [5.41, 5.74) is 1.84. The number of rotatable bonds is 2. The Morgan fingerprint density at radius 1 is 1.50 bits per heavy atom. The third kappa shape index (κ3) is 3.06. The van der Waals surface area contributed by atoms with E-state index in [9.17, 15) is 4.79 Å². The number of aryl methyl sites for hydroxylation is 1. The molecule has 2 atom stereocenters. The van der Waals surface area contributed by atoms with Gasteiger partial charge in [0.15, 0.2) is 0 Å². The Bertz CT molecular complexity index is 416. The van der Waals surface area contributed by atoms with Crippen molar-refractivity contribution in [3.8, 4) is 0 Å². The minimum Gasteiger partial charge on any atom is -0.346 e. The molecule has 1 amide bonds. The Kier molecular flexibility index (Phi) is 5.23. The second-order valence-corrected chi connectivity index (χ2v) is 4.97. The van der Waals surface area contributed by atoms with Gasteiger partial charge in [-0.2, -0.15) is 0 Å². The summed E-state index contributed by atoms with van der Waals surface area (Å²) >= 11 is 0. The van der Waals surface area contributed by atoms with Crippen molar-refractivity contribution in [3.05, 3.63) is 23.5 Å². The lowest BCUT2D eigenvalue weighted by atomic mass is 9.95. The Hall–Kier alpha value is -1.00. The first kappa shape index (κ1) is 15.1. The SMILES string of the molecule is Cc1ccc(C(=O)NC2CNCCC2C)n1C.Cl. The zero-order valence-corrected chi connectivity index (χ0v) is 12.0. The number of amides is 1. The average molecular weight is 272 g/mol. The van der Waals surface area contributed by atoms with Crippen LogP contribution in [0.15, 0.2) is 12.1 Å². The summed E-state index contributed by atoms with van der Waals surface area (Å²) in [4.78, 5) is 12.1.